The normalized spacial score (nSPS) is 22.8. The summed E-state index contributed by atoms with van der Waals surface area (Å²) >= 11 is 0. The van der Waals surface area contributed by atoms with Crippen molar-refractivity contribution in [1.29, 1.82) is 0 Å². The van der Waals surface area contributed by atoms with E-state index >= 15 is 0 Å². The molecule has 4 rings (SSSR count). The Morgan fingerprint density at radius 2 is 1.68 bits per heavy atom. The van der Waals surface area contributed by atoms with Gasteiger partial charge in [-0.05, 0) is 39.5 Å². The number of amides is 1. The molecule has 0 N–H and O–H groups in total. The van der Waals surface area contributed by atoms with Crippen molar-refractivity contribution in [2.24, 2.45) is 5.92 Å². The largest absolute Gasteiger partial charge is 0.333 e. The van der Waals surface area contributed by atoms with E-state index in [9.17, 15) is 13.2 Å². The molecule has 0 radical (unpaired) electrons. The predicted molar refractivity (Wildman–Crippen MR) is 105 cm³/mol. The minimum absolute atomic E-state index is 0.196. The summed E-state index contributed by atoms with van der Waals surface area (Å²) in [5.74, 6) is 2.54. The number of rotatable bonds is 4. The molecule has 0 atom stereocenters. The number of carbonyl (C=O) groups excluding carboxylic acids is 1. The number of nitrogens with zero attached hydrogens (tertiary/aromatic N) is 5. The summed E-state index contributed by atoms with van der Waals surface area (Å²) in [7, 11) is -3.19. The number of sulfonamides is 1. The average Bonchev–Trinajstić information content (AvgIpc) is 3.37. The molecular formula is C19H31N5O3S. The van der Waals surface area contributed by atoms with Gasteiger partial charge in [0, 0.05) is 38.0 Å². The van der Waals surface area contributed by atoms with E-state index < -0.39 is 10.0 Å². The zero-order chi connectivity index (χ0) is 19.9. The van der Waals surface area contributed by atoms with Gasteiger partial charge in [-0.15, -0.1) is 10.2 Å². The van der Waals surface area contributed by atoms with Crippen molar-refractivity contribution in [3.05, 3.63) is 11.6 Å². The van der Waals surface area contributed by atoms with E-state index in [1.54, 1.807) is 18.2 Å². The van der Waals surface area contributed by atoms with Gasteiger partial charge in [0.1, 0.15) is 5.82 Å². The van der Waals surface area contributed by atoms with Gasteiger partial charge in [0.2, 0.25) is 15.9 Å². The standard InChI is InChI=1S/C19H31N5O3S/c1-14(2)28(26,27)23-9-7-15(8-10-23)18-21-20-17-13-22(11-12-24(17)18)19(25)16-5-3-4-6-16/h14-16H,3-13H2,1-2H3. The molecule has 0 spiro atoms. The number of aromatic nitrogens is 3. The second kappa shape index (κ2) is 7.74. The Bertz CT molecular complexity index is 821. The van der Waals surface area contributed by atoms with Crippen molar-refractivity contribution in [1.82, 2.24) is 24.0 Å². The SMILES string of the molecule is CC(C)S(=O)(=O)N1CCC(c2nnc3n2CCN(C(=O)C2CCCC2)C3)CC1. The number of carbonyl (C=O) groups is 1. The lowest BCUT2D eigenvalue weighted by atomic mass is 9.97. The van der Waals surface area contributed by atoms with Crippen LogP contribution in [0.3, 0.4) is 0 Å². The molecule has 3 aliphatic rings. The number of fused-ring (bicyclic) bond motifs is 1. The summed E-state index contributed by atoms with van der Waals surface area (Å²) in [6.07, 6.45) is 5.91. The zero-order valence-electron chi connectivity index (χ0n) is 16.9. The lowest BCUT2D eigenvalue weighted by molar-refractivity contribution is -0.136. The van der Waals surface area contributed by atoms with Crippen LogP contribution in [0.5, 0.6) is 0 Å². The van der Waals surface area contributed by atoms with Crippen molar-refractivity contribution in [2.45, 2.75) is 76.6 Å². The number of piperidine rings is 1. The summed E-state index contributed by atoms with van der Waals surface area (Å²) in [5, 5.41) is 8.44. The zero-order valence-corrected chi connectivity index (χ0v) is 17.7. The fourth-order valence-electron chi connectivity index (χ4n) is 4.77. The van der Waals surface area contributed by atoms with Gasteiger partial charge in [0.15, 0.2) is 5.82 Å². The Morgan fingerprint density at radius 3 is 2.32 bits per heavy atom. The number of hydrogen-bond donors (Lipinski definition) is 0. The van der Waals surface area contributed by atoms with Crippen LogP contribution in [0.25, 0.3) is 0 Å². The van der Waals surface area contributed by atoms with Crippen LogP contribution in [0.1, 0.15) is 69.9 Å². The Kier molecular flexibility index (Phi) is 5.48. The monoisotopic (exact) mass is 409 g/mol. The maximum atomic E-state index is 12.7. The first-order valence-corrected chi connectivity index (χ1v) is 12.1. The topological polar surface area (TPSA) is 88.4 Å². The summed E-state index contributed by atoms with van der Waals surface area (Å²) in [6, 6.07) is 0. The van der Waals surface area contributed by atoms with Gasteiger partial charge in [-0.25, -0.2) is 12.7 Å². The van der Waals surface area contributed by atoms with E-state index in [1.807, 2.05) is 4.90 Å². The Morgan fingerprint density at radius 1 is 1.00 bits per heavy atom. The first kappa shape index (κ1) is 19.8. The van der Waals surface area contributed by atoms with Gasteiger partial charge >= 0.3 is 0 Å². The van der Waals surface area contributed by atoms with Gasteiger partial charge in [0.05, 0.1) is 11.8 Å². The molecule has 0 unspecified atom stereocenters. The average molecular weight is 410 g/mol. The molecule has 8 nitrogen and oxygen atoms in total. The fourth-order valence-corrected chi connectivity index (χ4v) is 6.08. The van der Waals surface area contributed by atoms with E-state index in [1.165, 1.54) is 0 Å². The molecule has 1 aliphatic carbocycles. The molecule has 2 aliphatic heterocycles. The van der Waals surface area contributed by atoms with Gasteiger partial charge < -0.3 is 9.47 Å². The van der Waals surface area contributed by atoms with Crippen LogP contribution in [0, 0.1) is 5.92 Å². The Labute approximate surface area is 167 Å². The van der Waals surface area contributed by atoms with Crippen molar-refractivity contribution >= 4 is 15.9 Å². The van der Waals surface area contributed by atoms with Gasteiger partial charge in [0.25, 0.3) is 0 Å². The summed E-state index contributed by atoms with van der Waals surface area (Å²) in [6.45, 7) is 6.54. The Balaban J connectivity index is 1.41. The maximum absolute atomic E-state index is 12.7. The van der Waals surface area contributed by atoms with E-state index in [4.69, 9.17) is 0 Å². The minimum Gasteiger partial charge on any atom is -0.333 e. The second-order valence-corrected chi connectivity index (χ2v) is 11.1. The van der Waals surface area contributed by atoms with Crippen LogP contribution in [0.15, 0.2) is 0 Å². The highest BCUT2D eigenvalue weighted by molar-refractivity contribution is 7.89. The highest BCUT2D eigenvalue weighted by atomic mass is 32.2. The van der Waals surface area contributed by atoms with Gasteiger partial charge in [-0.1, -0.05) is 12.8 Å². The summed E-state index contributed by atoms with van der Waals surface area (Å²) in [5.41, 5.74) is 0. The molecule has 3 heterocycles. The fraction of sp³-hybridized carbons (Fsp3) is 0.842. The molecule has 1 amide bonds. The van der Waals surface area contributed by atoms with Crippen LogP contribution in [-0.4, -0.2) is 63.2 Å². The molecule has 9 heteroatoms. The van der Waals surface area contributed by atoms with E-state index in [2.05, 4.69) is 14.8 Å². The van der Waals surface area contributed by atoms with Crippen LogP contribution in [0.2, 0.25) is 0 Å². The van der Waals surface area contributed by atoms with Crippen molar-refractivity contribution in [3.8, 4) is 0 Å². The van der Waals surface area contributed by atoms with Crippen molar-refractivity contribution in [3.63, 3.8) is 0 Å². The molecule has 1 saturated heterocycles. The molecule has 0 aromatic carbocycles. The highest BCUT2D eigenvalue weighted by Gasteiger charge is 2.35. The lowest BCUT2D eigenvalue weighted by Gasteiger charge is -2.33. The highest BCUT2D eigenvalue weighted by Crippen LogP contribution is 2.31. The molecule has 1 saturated carbocycles. The van der Waals surface area contributed by atoms with E-state index in [-0.39, 0.29) is 23.0 Å². The first-order valence-electron chi connectivity index (χ1n) is 10.6. The predicted octanol–water partition coefficient (Wildman–Crippen LogP) is 1.73. The summed E-state index contributed by atoms with van der Waals surface area (Å²) in [4.78, 5) is 14.7. The third kappa shape index (κ3) is 3.58. The first-order chi connectivity index (χ1) is 13.4. The molecule has 2 fully saturated rings. The molecular weight excluding hydrogens is 378 g/mol. The van der Waals surface area contributed by atoms with Crippen LogP contribution < -0.4 is 0 Å². The Hall–Kier alpha value is -1.48. The van der Waals surface area contributed by atoms with Crippen LogP contribution in [-0.2, 0) is 27.9 Å². The smallest absolute Gasteiger partial charge is 0.226 e. The molecule has 28 heavy (non-hydrogen) atoms. The van der Waals surface area contributed by atoms with Crippen molar-refractivity contribution in [2.75, 3.05) is 19.6 Å². The third-order valence-electron chi connectivity index (χ3n) is 6.57. The van der Waals surface area contributed by atoms with E-state index in [0.29, 0.717) is 26.2 Å². The van der Waals surface area contributed by atoms with Gasteiger partial charge in [-0.3, -0.25) is 4.79 Å². The number of hydrogen-bond acceptors (Lipinski definition) is 5. The molecule has 1 aromatic heterocycles. The quantitative estimate of drug-likeness (QED) is 0.756. The molecule has 1 aromatic rings. The minimum atomic E-state index is -3.19. The van der Waals surface area contributed by atoms with Gasteiger partial charge in [-0.2, -0.15) is 0 Å². The summed E-state index contributed by atoms with van der Waals surface area (Å²) < 4.78 is 28.5. The maximum Gasteiger partial charge on any atom is 0.226 e. The second-order valence-electron chi connectivity index (χ2n) is 8.63. The lowest BCUT2D eigenvalue weighted by Crippen LogP contribution is -2.43. The molecule has 0 bridgehead atoms. The van der Waals surface area contributed by atoms with Crippen molar-refractivity contribution < 1.29 is 13.2 Å². The van der Waals surface area contributed by atoms with E-state index in [0.717, 1.165) is 56.7 Å². The molecule has 156 valence electrons. The van der Waals surface area contributed by atoms with Crippen LogP contribution in [0.4, 0.5) is 0 Å². The van der Waals surface area contributed by atoms with Crippen LogP contribution >= 0.6 is 0 Å². The third-order valence-corrected chi connectivity index (χ3v) is 8.85.